The van der Waals surface area contributed by atoms with Crippen LogP contribution in [-0.2, 0) is 18.9 Å². The van der Waals surface area contributed by atoms with Crippen molar-refractivity contribution < 1.29 is 52.6 Å². The third-order valence-electron chi connectivity index (χ3n) is 4.92. The predicted molar refractivity (Wildman–Crippen MR) is 167 cm³/mol. The van der Waals surface area contributed by atoms with E-state index in [0.29, 0.717) is 0 Å². The van der Waals surface area contributed by atoms with Crippen LogP contribution in [0.15, 0.2) is 36.4 Å². The molecule has 256 valence electrons. The van der Waals surface area contributed by atoms with Crippen LogP contribution in [0.1, 0.15) is 95.9 Å². The lowest BCUT2D eigenvalue weighted by Crippen LogP contribution is -2.43. The van der Waals surface area contributed by atoms with Gasteiger partial charge in [-0.1, -0.05) is 0 Å². The van der Waals surface area contributed by atoms with Crippen LogP contribution in [0.3, 0.4) is 0 Å². The maximum Gasteiger partial charge on any atom is 0.342 e. The topological polar surface area (TPSA) is 135 Å². The molecule has 1 aliphatic heterocycles. The summed E-state index contributed by atoms with van der Waals surface area (Å²) in [5.41, 5.74) is -1.65. The van der Waals surface area contributed by atoms with Crippen molar-refractivity contribution in [2.24, 2.45) is 0 Å². The summed E-state index contributed by atoms with van der Waals surface area (Å²) >= 11 is 0. The number of carboxylic acid groups (broad SMARTS) is 1. The van der Waals surface area contributed by atoms with Crippen LogP contribution in [0, 0.1) is 11.6 Å². The van der Waals surface area contributed by atoms with Crippen molar-refractivity contribution in [3.05, 3.63) is 59.2 Å². The molecule has 45 heavy (non-hydrogen) atoms. The SMILES string of the molecule is C1CCOC1.CC(C)(C)OC(=O)c1cc(F)ccc1O.CN(C)C(OC(C)(C)C)OC(C)(C)C.O=C(O)c1cc(F)ccc1O. The lowest BCUT2D eigenvalue weighted by molar-refractivity contribution is -0.285. The van der Waals surface area contributed by atoms with Gasteiger partial charge < -0.3 is 34.3 Å². The molecule has 12 heteroatoms. The Morgan fingerprint density at radius 3 is 1.44 bits per heavy atom. The molecule has 0 radical (unpaired) electrons. The minimum absolute atomic E-state index is 0.162. The number of carbonyl (C=O) groups excluding carboxylic acids is 1. The predicted octanol–water partition coefficient (Wildman–Crippen LogP) is 6.97. The third kappa shape index (κ3) is 20.4. The molecular formula is C33H51F2NO9. The molecule has 2 aromatic carbocycles. The summed E-state index contributed by atoms with van der Waals surface area (Å²) in [5.74, 6) is -4.07. The van der Waals surface area contributed by atoms with E-state index in [0.717, 1.165) is 49.6 Å². The monoisotopic (exact) mass is 643 g/mol. The first-order valence-corrected chi connectivity index (χ1v) is 14.5. The second-order valence-corrected chi connectivity index (χ2v) is 13.2. The molecule has 0 atom stereocenters. The van der Waals surface area contributed by atoms with E-state index in [1.165, 1.54) is 12.8 Å². The van der Waals surface area contributed by atoms with Crippen molar-refractivity contribution in [1.82, 2.24) is 4.90 Å². The van der Waals surface area contributed by atoms with E-state index < -0.39 is 40.5 Å². The number of carbonyl (C=O) groups is 2. The number of benzene rings is 2. The van der Waals surface area contributed by atoms with Gasteiger partial charge in [0.15, 0.2) is 0 Å². The van der Waals surface area contributed by atoms with Gasteiger partial charge in [-0.2, -0.15) is 0 Å². The number of esters is 1. The number of rotatable bonds is 5. The molecule has 1 saturated heterocycles. The Kier molecular flexibility index (Phi) is 17.2. The van der Waals surface area contributed by atoms with Crippen LogP contribution in [0.4, 0.5) is 8.78 Å². The molecule has 0 saturated carbocycles. The van der Waals surface area contributed by atoms with Gasteiger partial charge in [0.05, 0.1) is 11.2 Å². The van der Waals surface area contributed by atoms with Crippen LogP contribution >= 0.6 is 0 Å². The van der Waals surface area contributed by atoms with E-state index in [1.807, 2.05) is 60.5 Å². The number of aromatic carboxylic acids is 1. The maximum atomic E-state index is 12.8. The molecular weight excluding hydrogens is 592 g/mol. The summed E-state index contributed by atoms with van der Waals surface area (Å²) < 4.78 is 46.7. The van der Waals surface area contributed by atoms with Crippen LogP contribution in [0.2, 0.25) is 0 Å². The molecule has 0 aromatic heterocycles. The molecule has 0 aliphatic carbocycles. The Hall–Kier alpha value is -3.32. The standard InChI is InChI=1S/C11H13FO3.C11H25NO2.C7H5FO3.C4H8O/c1-11(2,3)15-10(14)8-6-7(12)4-5-9(8)13;1-10(2,3)13-9(12(7)8)14-11(4,5)6;8-4-1-2-6(9)5(3-4)7(10)11;1-2-4-5-3-1/h4-6,13H,1-3H3;9H,1-8H3;1-3,9H,(H,10,11);1-4H2. The van der Waals surface area contributed by atoms with Gasteiger partial charge in [-0.05, 0) is 126 Å². The van der Waals surface area contributed by atoms with E-state index in [9.17, 15) is 23.5 Å². The molecule has 0 bridgehead atoms. The van der Waals surface area contributed by atoms with Crippen LogP contribution in [0.25, 0.3) is 0 Å². The average Bonchev–Trinajstić information content (AvgIpc) is 3.45. The molecule has 1 fully saturated rings. The number of phenolic OH excluding ortho intramolecular Hbond substituents is 1. The highest BCUT2D eigenvalue weighted by atomic mass is 19.1. The van der Waals surface area contributed by atoms with Crippen molar-refractivity contribution in [3.8, 4) is 11.5 Å². The Labute approximate surface area is 265 Å². The average molecular weight is 644 g/mol. The highest BCUT2D eigenvalue weighted by Crippen LogP contribution is 2.22. The largest absolute Gasteiger partial charge is 0.507 e. The summed E-state index contributed by atoms with van der Waals surface area (Å²) in [6.07, 6.45) is 2.26. The third-order valence-corrected chi connectivity index (χ3v) is 4.92. The summed E-state index contributed by atoms with van der Waals surface area (Å²) in [7, 11) is 3.89. The number of halogens is 2. The van der Waals surface area contributed by atoms with Crippen molar-refractivity contribution in [3.63, 3.8) is 0 Å². The Bertz CT molecular complexity index is 1170. The van der Waals surface area contributed by atoms with Gasteiger partial charge in [0.1, 0.15) is 39.9 Å². The van der Waals surface area contributed by atoms with Crippen LogP contribution in [0.5, 0.6) is 11.5 Å². The molecule has 0 unspecified atom stereocenters. The van der Waals surface area contributed by atoms with Gasteiger partial charge in [0.2, 0.25) is 6.41 Å². The number of phenols is 2. The summed E-state index contributed by atoms with van der Waals surface area (Å²) in [4.78, 5) is 23.7. The first-order chi connectivity index (χ1) is 20.4. The number of hydrogen-bond donors (Lipinski definition) is 3. The van der Waals surface area contributed by atoms with E-state index in [-0.39, 0.29) is 28.9 Å². The first kappa shape index (κ1) is 41.7. The molecule has 2 aromatic rings. The molecule has 1 aliphatic rings. The van der Waals surface area contributed by atoms with Crippen molar-refractivity contribution in [2.75, 3.05) is 27.3 Å². The van der Waals surface area contributed by atoms with E-state index >= 15 is 0 Å². The fourth-order valence-electron chi connectivity index (χ4n) is 3.03. The molecule has 3 N–H and O–H groups in total. The Morgan fingerprint density at radius 2 is 1.16 bits per heavy atom. The summed E-state index contributed by atoms with van der Waals surface area (Å²) in [6.45, 7) is 19.2. The van der Waals surface area contributed by atoms with Gasteiger partial charge in [0, 0.05) is 13.2 Å². The quantitative estimate of drug-likeness (QED) is 0.231. The normalized spacial score (nSPS) is 13.1. The zero-order chi connectivity index (χ0) is 35.2. The van der Waals surface area contributed by atoms with E-state index in [1.54, 1.807) is 20.8 Å². The molecule has 3 rings (SSSR count). The smallest absolute Gasteiger partial charge is 0.342 e. The number of carboxylic acids is 1. The van der Waals surface area contributed by atoms with Gasteiger partial charge >= 0.3 is 11.9 Å². The fraction of sp³-hybridized carbons (Fsp3) is 0.576. The fourth-order valence-corrected chi connectivity index (χ4v) is 3.03. The Balaban J connectivity index is 0.000000602. The number of aromatic hydroxyl groups is 2. The van der Waals surface area contributed by atoms with Crippen LogP contribution < -0.4 is 0 Å². The zero-order valence-corrected chi connectivity index (χ0v) is 28.4. The minimum Gasteiger partial charge on any atom is -0.507 e. The van der Waals surface area contributed by atoms with Gasteiger partial charge in [-0.25, -0.2) is 18.4 Å². The van der Waals surface area contributed by atoms with Crippen molar-refractivity contribution in [1.29, 1.82) is 0 Å². The second kappa shape index (κ2) is 18.6. The molecule has 1 heterocycles. The highest BCUT2D eigenvalue weighted by molar-refractivity contribution is 5.92. The Morgan fingerprint density at radius 1 is 0.756 bits per heavy atom. The van der Waals surface area contributed by atoms with Crippen LogP contribution in [-0.4, -0.2) is 82.7 Å². The minimum atomic E-state index is -1.35. The summed E-state index contributed by atoms with van der Waals surface area (Å²) in [6, 6.07) is 5.89. The van der Waals surface area contributed by atoms with Gasteiger partial charge in [-0.15, -0.1) is 0 Å². The van der Waals surface area contributed by atoms with E-state index in [2.05, 4.69) is 0 Å². The number of nitrogens with zero attached hydrogens (tertiary/aromatic N) is 1. The van der Waals surface area contributed by atoms with Gasteiger partial charge in [-0.3, -0.25) is 4.90 Å². The van der Waals surface area contributed by atoms with E-state index in [4.69, 9.17) is 29.2 Å². The molecule has 0 spiro atoms. The number of hydrogen-bond acceptors (Lipinski definition) is 9. The number of ether oxygens (including phenoxy) is 4. The van der Waals surface area contributed by atoms with Crippen molar-refractivity contribution >= 4 is 11.9 Å². The lowest BCUT2D eigenvalue weighted by atomic mass is 10.1. The molecule has 0 amide bonds. The molecule has 10 nitrogen and oxygen atoms in total. The van der Waals surface area contributed by atoms with Crippen molar-refractivity contribution in [2.45, 2.75) is 98.4 Å². The maximum absolute atomic E-state index is 12.8. The van der Waals surface area contributed by atoms with Gasteiger partial charge in [0.25, 0.3) is 0 Å². The summed E-state index contributed by atoms with van der Waals surface area (Å²) in [5, 5.41) is 26.6. The first-order valence-electron chi connectivity index (χ1n) is 14.5. The lowest BCUT2D eigenvalue weighted by Gasteiger charge is -2.35. The zero-order valence-electron chi connectivity index (χ0n) is 28.4. The second-order valence-electron chi connectivity index (χ2n) is 13.2. The highest BCUT2D eigenvalue weighted by Gasteiger charge is 2.26.